The highest BCUT2D eigenvalue weighted by molar-refractivity contribution is 5.91. The average molecular weight is 193 g/mol. The minimum absolute atomic E-state index is 0.0296. The number of hydrogen-bond donors (Lipinski definition) is 2. The summed E-state index contributed by atoms with van der Waals surface area (Å²) in [5.41, 5.74) is 6.37. The number of pyridine rings is 1. The Hall–Kier alpha value is -1.42. The largest absolute Gasteiger partial charge is 0.326 e. The second-order valence-electron chi connectivity index (χ2n) is 3.40. The van der Waals surface area contributed by atoms with E-state index in [1.807, 2.05) is 19.9 Å². The van der Waals surface area contributed by atoms with E-state index < -0.39 is 0 Å². The van der Waals surface area contributed by atoms with E-state index in [4.69, 9.17) is 5.73 Å². The summed E-state index contributed by atoms with van der Waals surface area (Å²) in [5, 5.41) is 2.70. The first-order chi connectivity index (χ1) is 6.63. The molecule has 0 aliphatic carbocycles. The Kier molecular flexibility index (Phi) is 3.59. The van der Waals surface area contributed by atoms with Gasteiger partial charge in [-0.2, -0.15) is 0 Å². The average Bonchev–Trinajstić information content (AvgIpc) is 2.19. The summed E-state index contributed by atoms with van der Waals surface area (Å²) in [5.74, 6) is 0.505. The number of hydrogen-bond acceptors (Lipinski definition) is 3. The molecule has 0 bridgehead atoms. The van der Waals surface area contributed by atoms with Crippen LogP contribution in [0, 0.1) is 5.92 Å². The van der Waals surface area contributed by atoms with Gasteiger partial charge in [-0.25, -0.2) is 4.98 Å². The first-order valence-corrected chi connectivity index (χ1v) is 4.59. The molecule has 4 nitrogen and oxygen atoms in total. The van der Waals surface area contributed by atoms with Crippen LogP contribution in [-0.2, 0) is 11.3 Å². The molecular formula is C10H15N3O. The van der Waals surface area contributed by atoms with Gasteiger partial charge in [-0.1, -0.05) is 19.9 Å². The van der Waals surface area contributed by atoms with Crippen molar-refractivity contribution in [2.75, 3.05) is 5.32 Å². The predicted octanol–water partition coefficient (Wildman–Crippen LogP) is 1.13. The van der Waals surface area contributed by atoms with Crippen LogP contribution in [0.5, 0.6) is 0 Å². The van der Waals surface area contributed by atoms with Crippen LogP contribution in [0.25, 0.3) is 0 Å². The zero-order chi connectivity index (χ0) is 10.6. The van der Waals surface area contributed by atoms with Crippen molar-refractivity contribution in [2.45, 2.75) is 20.4 Å². The minimum atomic E-state index is -0.0361. The van der Waals surface area contributed by atoms with Crippen molar-refractivity contribution >= 4 is 11.7 Å². The van der Waals surface area contributed by atoms with E-state index in [1.165, 1.54) is 0 Å². The Morgan fingerprint density at radius 1 is 1.57 bits per heavy atom. The van der Waals surface area contributed by atoms with Crippen LogP contribution in [0.4, 0.5) is 5.82 Å². The Morgan fingerprint density at radius 3 is 2.71 bits per heavy atom. The van der Waals surface area contributed by atoms with Gasteiger partial charge in [0.1, 0.15) is 5.82 Å². The molecule has 0 fully saturated rings. The standard InChI is InChI=1S/C10H15N3O/c1-7(2)10(14)13-9-4-3-8(5-11)6-12-9/h3-4,6-7H,5,11H2,1-2H3,(H,12,13,14). The normalized spacial score (nSPS) is 10.3. The maximum atomic E-state index is 11.3. The van der Waals surface area contributed by atoms with Gasteiger partial charge in [0.05, 0.1) is 0 Å². The van der Waals surface area contributed by atoms with Gasteiger partial charge in [-0.3, -0.25) is 4.79 Å². The lowest BCUT2D eigenvalue weighted by Crippen LogP contribution is -2.18. The zero-order valence-electron chi connectivity index (χ0n) is 8.45. The molecule has 0 spiro atoms. The first kappa shape index (κ1) is 10.7. The van der Waals surface area contributed by atoms with E-state index in [-0.39, 0.29) is 11.8 Å². The lowest BCUT2D eigenvalue weighted by molar-refractivity contribution is -0.118. The van der Waals surface area contributed by atoms with Crippen molar-refractivity contribution < 1.29 is 4.79 Å². The van der Waals surface area contributed by atoms with E-state index >= 15 is 0 Å². The molecule has 76 valence electrons. The van der Waals surface area contributed by atoms with Crippen molar-refractivity contribution in [1.82, 2.24) is 4.98 Å². The van der Waals surface area contributed by atoms with Gasteiger partial charge in [0.25, 0.3) is 0 Å². The lowest BCUT2D eigenvalue weighted by atomic mass is 10.2. The second kappa shape index (κ2) is 4.72. The summed E-state index contributed by atoms with van der Waals surface area (Å²) in [6, 6.07) is 3.60. The van der Waals surface area contributed by atoms with Gasteiger partial charge < -0.3 is 11.1 Å². The fraction of sp³-hybridized carbons (Fsp3) is 0.400. The number of aromatic nitrogens is 1. The molecule has 4 heteroatoms. The van der Waals surface area contributed by atoms with Crippen molar-refractivity contribution in [3.8, 4) is 0 Å². The van der Waals surface area contributed by atoms with Gasteiger partial charge >= 0.3 is 0 Å². The SMILES string of the molecule is CC(C)C(=O)Nc1ccc(CN)cn1. The molecule has 0 unspecified atom stereocenters. The number of carbonyl (C=O) groups is 1. The second-order valence-corrected chi connectivity index (χ2v) is 3.40. The summed E-state index contributed by atoms with van der Waals surface area (Å²) >= 11 is 0. The topological polar surface area (TPSA) is 68.0 Å². The third-order valence-corrected chi connectivity index (χ3v) is 1.84. The Morgan fingerprint density at radius 2 is 2.29 bits per heavy atom. The monoisotopic (exact) mass is 193 g/mol. The highest BCUT2D eigenvalue weighted by Crippen LogP contribution is 2.06. The lowest BCUT2D eigenvalue weighted by Gasteiger charge is -2.06. The maximum Gasteiger partial charge on any atom is 0.228 e. The van der Waals surface area contributed by atoms with Crippen LogP contribution in [0.2, 0.25) is 0 Å². The van der Waals surface area contributed by atoms with Crippen molar-refractivity contribution in [2.24, 2.45) is 11.7 Å². The number of carbonyl (C=O) groups excluding carboxylic acids is 1. The molecule has 0 radical (unpaired) electrons. The van der Waals surface area contributed by atoms with E-state index in [9.17, 15) is 4.79 Å². The van der Waals surface area contributed by atoms with Crippen molar-refractivity contribution in [3.05, 3.63) is 23.9 Å². The van der Waals surface area contributed by atoms with Crippen LogP contribution in [0.15, 0.2) is 18.3 Å². The molecule has 3 N–H and O–H groups in total. The first-order valence-electron chi connectivity index (χ1n) is 4.59. The fourth-order valence-corrected chi connectivity index (χ4v) is 0.890. The van der Waals surface area contributed by atoms with Gasteiger partial charge in [-0.15, -0.1) is 0 Å². The van der Waals surface area contributed by atoms with Crippen LogP contribution < -0.4 is 11.1 Å². The van der Waals surface area contributed by atoms with E-state index in [1.54, 1.807) is 12.3 Å². The molecule has 1 rings (SSSR count). The maximum absolute atomic E-state index is 11.3. The summed E-state index contributed by atoms with van der Waals surface area (Å²) in [6.45, 7) is 4.14. The van der Waals surface area contributed by atoms with Crippen LogP contribution >= 0.6 is 0 Å². The third-order valence-electron chi connectivity index (χ3n) is 1.84. The molecule has 1 aromatic rings. The summed E-state index contributed by atoms with van der Waals surface area (Å²) < 4.78 is 0. The number of nitrogens with one attached hydrogen (secondary N) is 1. The molecule has 0 saturated heterocycles. The van der Waals surface area contributed by atoms with Crippen molar-refractivity contribution in [1.29, 1.82) is 0 Å². The van der Waals surface area contributed by atoms with Gasteiger partial charge in [0.2, 0.25) is 5.91 Å². The summed E-state index contributed by atoms with van der Waals surface area (Å²) in [7, 11) is 0. The number of nitrogens with two attached hydrogens (primary N) is 1. The Bertz CT molecular complexity index is 306. The molecule has 1 aromatic heterocycles. The number of nitrogens with zero attached hydrogens (tertiary/aromatic N) is 1. The highest BCUT2D eigenvalue weighted by Gasteiger charge is 2.06. The molecule has 1 heterocycles. The fourth-order valence-electron chi connectivity index (χ4n) is 0.890. The molecule has 0 aliphatic heterocycles. The quantitative estimate of drug-likeness (QED) is 0.756. The van der Waals surface area contributed by atoms with Gasteiger partial charge in [0.15, 0.2) is 0 Å². The molecular weight excluding hydrogens is 178 g/mol. The predicted molar refractivity (Wildman–Crippen MR) is 55.6 cm³/mol. The zero-order valence-corrected chi connectivity index (χ0v) is 8.45. The van der Waals surface area contributed by atoms with Crippen LogP contribution in [0.3, 0.4) is 0 Å². The Labute approximate surface area is 83.5 Å². The van der Waals surface area contributed by atoms with E-state index in [2.05, 4.69) is 10.3 Å². The van der Waals surface area contributed by atoms with E-state index in [0.29, 0.717) is 12.4 Å². The Balaban J connectivity index is 2.64. The molecule has 0 atom stereocenters. The van der Waals surface area contributed by atoms with Crippen LogP contribution in [-0.4, -0.2) is 10.9 Å². The summed E-state index contributed by atoms with van der Waals surface area (Å²) in [4.78, 5) is 15.4. The minimum Gasteiger partial charge on any atom is -0.326 e. The van der Waals surface area contributed by atoms with E-state index in [0.717, 1.165) is 5.56 Å². The smallest absolute Gasteiger partial charge is 0.228 e. The van der Waals surface area contributed by atoms with Gasteiger partial charge in [-0.05, 0) is 11.6 Å². The molecule has 1 amide bonds. The summed E-state index contributed by atoms with van der Waals surface area (Å²) in [6.07, 6.45) is 1.66. The van der Waals surface area contributed by atoms with Crippen LogP contribution in [0.1, 0.15) is 19.4 Å². The molecule has 0 aromatic carbocycles. The molecule has 0 aliphatic rings. The van der Waals surface area contributed by atoms with Gasteiger partial charge in [0, 0.05) is 18.7 Å². The number of rotatable bonds is 3. The number of amides is 1. The third kappa shape index (κ3) is 2.81. The highest BCUT2D eigenvalue weighted by atomic mass is 16.1. The number of anilines is 1. The molecule has 14 heavy (non-hydrogen) atoms. The molecule has 0 saturated carbocycles. The van der Waals surface area contributed by atoms with Crippen molar-refractivity contribution in [3.63, 3.8) is 0 Å².